The van der Waals surface area contributed by atoms with Gasteiger partial charge in [-0.15, -0.1) is 12.4 Å². The number of halogens is 1. The molecule has 1 aromatic rings. The number of benzene rings is 1. The van der Waals surface area contributed by atoms with Crippen LogP contribution in [0.15, 0.2) is 17.0 Å². The van der Waals surface area contributed by atoms with Gasteiger partial charge in [0.1, 0.15) is 6.04 Å². The molecule has 2 saturated heterocycles. The van der Waals surface area contributed by atoms with Gasteiger partial charge >= 0.3 is 0 Å². The number of nitrogens with zero attached hydrogens (tertiary/aromatic N) is 1. The smallest absolute Gasteiger partial charge is 0.244 e. The van der Waals surface area contributed by atoms with Crippen molar-refractivity contribution in [2.75, 3.05) is 19.6 Å². The number of hydrogen-bond acceptors (Lipinski definition) is 4. The Morgan fingerprint density at radius 2 is 1.81 bits per heavy atom. The van der Waals surface area contributed by atoms with E-state index >= 15 is 0 Å². The summed E-state index contributed by atoms with van der Waals surface area (Å²) in [6, 6.07) is 3.25. The van der Waals surface area contributed by atoms with Crippen LogP contribution in [0.1, 0.15) is 42.4 Å². The third kappa shape index (κ3) is 4.65. The first-order valence-corrected chi connectivity index (χ1v) is 10.9. The summed E-state index contributed by atoms with van der Waals surface area (Å²) in [4.78, 5) is 13.1. The van der Waals surface area contributed by atoms with E-state index in [-0.39, 0.29) is 24.4 Å². The molecule has 2 fully saturated rings. The highest BCUT2D eigenvalue weighted by Crippen LogP contribution is 2.30. The minimum atomic E-state index is -3.69. The van der Waals surface area contributed by atoms with Crippen molar-refractivity contribution in [1.29, 1.82) is 0 Å². The third-order valence-electron chi connectivity index (χ3n) is 5.32. The standard InChI is InChI=1S/C19H29N3O3S.ClH/c1-13-10-14(2)18(15(3)11-13)26(24,25)22-9-5-7-17(22)19(23)21-16-6-4-8-20-12-16;/h10-11,16-17,20H,4-9,12H2,1-3H3,(H,21,23);1H/t16-,17?;/m0./s1. The van der Waals surface area contributed by atoms with Crippen LogP contribution in [0.25, 0.3) is 0 Å². The van der Waals surface area contributed by atoms with E-state index in [1.807, 2.05) is 32.9 Å². The maximum atomic E-state index is 13.3. The quantitative estimate of drug-likeness (QED) is 0.788. The highest BCUT2D eigenvalue weighted by atomic mass is 35.5. The second-order valence-corrected chi connectivity index (χ2v) is 9.38. The van der Waals surface area contributed by atoms with Crippen molar-refractivity contribution in [3.05, 3.63) is 28.8 Å². The predicted molar refractivity (Wildman–Crippen MR) is 109 cm³/mol. The molecule has 1 aromatic carbocycles. The summed E-state index contributed by atoms with van der Waals surface area (Å²) in [6.07, 6.45) is 3.26. The summed E-state index contributed by atoms with van der Waals surface area (Å²) in [7, 11) is -3.69. The zero-order valence-electron chi connectivity index (χ0n) is 16.2. The highest BCUT2D eigenvalue weighted by molar-refractivity contribution is 7.89. The molecule has 0 aliphatic carbocycles. The summed E-state index contributed by atoms with van der Waals surface area (Å²) in [5.41, 5.74) is 2.52. The van der Waals surface area contributed by atoms with Crippen LogP contribution in [0.5, 0.6) is 0 Å². The second kappa shape index (κ2) is 8.90. The Balaban J connectivity index is 0.00000261. The third-order valence-corrected chi connectivity index (χ3v) is 7.54. The van der Waals surface area contributed by atoms with Crippen molar-refractivity contribution in [3.8, 4) is 0 Å². The van der Waals surface area contributed by atoms with E-state index in [2.05, 4.69) is 10.6 Å². The summed E-state index contributed by atoms with van der Waals surface area (Å²) >= 11 is 0. The van der Waals surface area contributed by atoms with E-state index in [9.17, 15) is 13.2 Å². The first-order chi connectivity index (χ1) is 12.3. The molecule has 1 amide bonds. The number of carbonyl (C=O) groups excluding carboxylic acids is 1. The van der Waals surface area contributed by atoms with Crippen LogP contribution in [0, 0.1) is 20.8 Å². The first kappa shape index (κ1) is 22.1. The SMILES string of the molecule is Cc1cc(C)c(S(=O)(=O)N2CCCC2C(=O)N[C@H]2CCCNC2)c(C)c1.Cl. The fourth-order valence-corrected chi connectivity index (χ4v) is 6.32. The molecule has 2 heterocycles. The van der Waals surface area contributed by atoms with Gasteiger partial charge in [0.25, 0.3) is 0 Å². The summed E-state index contributed by atoms with van der Waals surface area (Å²) in [6.45, 7) is 7.73. The predicted octanol–water partition coefficient (Wildman–Crippen LogP) is 2.05. The fourth-order valence-electron chi connectivity index (χ4n) is 4.25. The Hall–Kier alpha value is -1.15. The number of aryl methyl sites for hydroxylation is 3. The van der Waals surface area contributed by atoms with Gasteiger partial charge in [0.15, 0.2) is 0 Å². The van der Waals surface area contributed by atoms with Crippen LogP contribution in [0.2, 0.25) is 0 Å². The number of carbonyl (C=O) groups is 1. The minimum absolute atomic E-state index is 0. The van der Waals surface area contributed by atoms with Crippen LogP contribution in [0.4, 0.5) is 0 Å². The molecule has 152 valence electrons. The number of sulfonamides is 1. The Morgan fingerprint density at radius 1 is 1.15 bits per heavy atom. The van der Waals surface area contributed by atoms with E-state index in [1.54, 1.807) is 0 Å². The molecular formula is C19H30ClN3O3S. The molecule has 1 unspecified atom stereocenters. The molecule has 0 spiro atoms. The van der Waals surface area contributed by atoms with Crippen LogP contribution in [-0.4, -0.2) is 50.3 Å². The topological polar surface area (TPSA) is 78.5 Å². The van der Waals surface area contributed by atoms with Gasteiger partial charge in [-0.05, 0) is 64.1 Å². The second-order valence-electron chi connectivity index (χ2n) is 7.55. The Morgan fingerprint density at radius 3 is 2.41 bits per heavy atom. The Labute approximate surface area is 168 Å². The largest absolute Gasteiger partial charge is 0.351 e. The normalized spacial score (nSPS) is 23.7. The maximum Gasteiger partial charge on any atom is 0.244 e. The first-order valence-electron chi connectivity index (χ1n) is 9.41. The van der Waals surface area contributed by atoms with Crippen molar-refractivity contribution in [3.63, 3.8) is 0 Å². The van der Waals surface area contributed by atoms with Crippen LogP contribution in [-0.2, 0) is 14.8 Å². The molecule has 0 bridgehead atoms. The molecule has 2 atom stereocenters. The number of nitrogens with one attached hydrogen (secondary N) is 2. The minimum Gasteiger partial charge on any atom is -0.351 e. The van der Waals surface area contributed by atoms with Gasteiger partial charge in [-0.3, -0.25) is 4.79 Å². The van der Waals surface area contributed by atoms with E-state index in [4.69, 9.17) is 0 Å². The van der Waals surface area contributed by atoms with Crippen LogP contribution >= 0.6 is 12.4 Å². The van der Waals surface area contributed by atoms with Gasteiger partial charge in [-0.1, -0.05) is 17.7 Å². The lowest BCUT2D eigenvalue weighted by molar-refractivity contribution is -0.125. The van der Waals surface area contributed by atoms with E-state index in [1.165, 1.54) is 4.31 Å². The van der Waals surface area contributed by atoms with Crippen molar-refractivity contribution in [1.82, 2.24) is 14.9 Å². The lowest BCUT2D eigenvalue weighted by Crippen LogP contribution is -2.52. The lowest BCUT2D eigenvalue weighted by Gasteiger charge is -2.29. The molecule has 2 N–H and O–H groups in total. The van der Waals surface area contributed by atoms with E-state index in [0.717, 1.165) is 42.6 Å². The van der Waals surface area contributed by atoms with Gasteiger partial charge < -0.3 is 10.6 Å². The highest BCUT2D eigenvalue weighted by Gasteiger charge is 2.41. The zero-order valence-corrected chi connectivity index (χ0v) is 17.9. The molecule has 8 heteroatoms. The van der Waals surface area contributed by atoms with Crippen molar-refractivity contribution in [2.45, 2.75) is 63.4 Å². The lowest BCUT2D eigenvalue weighted by atomic mass is 10.1. The number of piperidine rings is 1. The Bertz CT molecular complexity index is 768. The van der Waals surface area contributed by atoms with Gasteiger partial charge in [0.05, 0.1) is 4.90 Å². The summed E-state index contributed by atoms with van der Waals surface area (Å²) in [5, 5.41) is 6.32. The molecule has 0 radical (unpaired) electrons. The van der Waals surface area contributed by atoms with Crippen molar-refractivity contribution in [2.24, 2.45) is 0 Å². The van der Waals surface area contributed by atoms with Gasteiger partial charge in [0.2, 0.25) is 15.9 Å². The van der Waals surface area contributed by atoms with Gasteiger partial charge in [0, 0.05) is 19.1 Å². The monoisotopic (exact) mass is 415 g/mol. The van der Waals surface area contributed by atoms with Crippen molar-refractivity contribution >= 4 is 28.3 Å². The summed E-state index contributed by atoms with van der Waals surface area (Å²) in [5.74, 6) is -0.165. The number of rotatable bonds is 4. The molecule has 6 nitrogen and oxygen atoms in total. The number of amides is 1. The molecule has 0 aromatic heterocycles. The fraction of sp³-hybridized carbons (Fsp3) is 0.632. The molecule has 2 aliphatic heterocycles. The molecule has 0 saturated carbocycles. The number of hydrogen-bond donors (Lipinski definition) is 2. The maximum absolute atomic E-state index is 13.3. The van der Waals surface area contributed by atoms with E-state index < -0.39 is 16.1 Å². The molecule has 2 aliphatic rings. The van der Waals surface area contributed by atoms with Crippen LogP contribution < -0.4 is 10.6 Å². The van der Waals surface area contributed by atoms with E-state index in [0.29, 0.717) is 24.3 Å². The van der Waals surface area contributed by atoms with Gasteiger partial charge in [-0.25, -0.2) is 8.42 Å². The van der Waals surface area contributed by atoms with Gasteiger partial charge in [-0.2, -0.15) is 4.31 Å². The zero-order chi connectivity index (χ0) is 18.9. The Kier molecular flexibility index (Phi) is 7.30. The van der Waals surface area contributed by atoms with Crippen molar-refractivity contribution < 1.29 is 13.2 Å². The van der Waals surface area contributed by atoms with Crippen LogP contribution in [0.3, 0.4) is 0 Å². The average molecular weight is 416 g/mol. The molecule has 27 heavy (non-hydrogen) atoms. The average Bonchev–Trinajstić information content (AvgIpc) is 3.05. The molecule has 3 rings (SSSR count). The summed E-state index contributed by atoms with van der Waals surface area (Å²) < 4.78 is 28.1. The molecular weight excluding hydrogens is 386 g/mol.